The third-order valence-electron chi connectivity index (χ3n) is 2.67. The topological polar surface area (TPSA) is 13.1 Å². The van der Waals surface area contributed by atoms with Gasteiger partial charge in [-0.15, -0.1) is 0 Å². The van der Waals surface area contributed by atoms with Crippen molar-refractivity contribution in [1.29, 1.82) is 0 Å². The fourth-order valence-corrected chi connectivity index (χ4v) is 2.48. The lowest BCUT2D eigenvalue weighted by Gasteiger charge is -1.99. The first kappa shape index (κ1) is 11.8. The van der Waals surface area contributed by atoms with Crippen molar-refractivity contribution >= 4 is 38.5 Å². The van der Waals surface area contributed by atoms with E-state index in [-0.39, 0.29) is 5.82 Å². The van der Waals surface area contributed by atoms with Gasteiger partial charge in [0.2, 0.25) is 0 Å². The Balaban J connectivity index is 2.19. The molecule has 0 N–H and O–H groups in total. The molecule has 0 saturated carbocycles. The summed E-state index contributed by atoms with van der Waals surface area (Å²) < 4.78 is 19.7. The van der Waals surface area contributed by atoms with E-state index in [0.717, 1.165) is 15.4 Å². The Morgan fingerprint density at radius 2 is 1.89 bits per heavy atom. The molecule has 1 aromatic heterocycles. The van der Waals surface area contributed by atoms with Crippen LogP contribution in [0, 0.1) is 5.82 Å². The van der Waals surface area contributed by atoms with Crippen LogP contribution in [0.15, 0.2) is 51.4 Å². The molecule has 0 spiro atoms. The van der Waals surface area contributed by atoms with Gasteiger partial charge in [-0.1, -0.05) is 27.5 Å². The molecule has 4 heteroatoms. The molecule has 18 heavy (non-hydrogen) atoms. The summed E-state index contributed by atoms with van der Waals surface area (Å²) in [6.45, 7) is 0. The molecule has 0 radical (unpaired) electrons. The molecule has 0 fully saturated rings. The number of benzene rings is 2. The molecular formula is C14H7BrClFO. The second-order valence-electron chi connectivity index (χ2n) is 3.92. The Kier molecular flexibility index (Phi) is 2.88. The van der Waals surface area contributed by atoms with Crippen molar-refractivity contribution in [3.63, 3.8) is 0 Å². The summed E-state index contributed by atoms with van der Waals surface area (Å²) in [6.07, 6.45) is 0. The van der Waals surface area contributed by atoms with Crippen LogP contribution in [0.4, 0.5) is 4.39 Å². The molecule has 0 atom stereocenters. The lowest BCUT2D eigenvalue weighted by molar-refractivity contribution is 0.623. The predicted molar refractivity (Wildman–Crippen MR) is 74.3 cm³/mol. The van der Waals surface area contributed by atoms with Gasteiger partial charge in [-0.2, -0.15) is 0 Å². The largest absolute Gasteiger partial charge is 0.456 e. The summed E-state index contributed by atoms with van der Waals surface area (Å²) >= 11 is 9.42. The molecule has 0 aliphatic carbocycles. The Morgan fingerprint density at radius 3 is 2.67 bits per heavy atom. The summed E-state index contributed by atoms with van der Waals surface area (Å²) in [5.41, 5.74) is 1.46. The van der Waals surface area contributed by atoms with E-state index in [9.17, 15) is 4.39 Å². The van der Waals surface area contributed by atoms with E-state index in [1.165, 1.54) is 12.1 Å². The minimum absolute atomic E-state index is 0.341. The lowest BCUT2D eigenvalue weighted by Crippen LogP contribution is -1.78. The highest BCUT2D eigenvalue weighted by molar-refractivity contribution is 9.10. The Bertz CT molecular complexity index is 736. The molecule has 0 unspecified atom stereocenters. The quantitative estimate of drug-likeness (QED) is 0.563. The fourth-order valence-electron chi connectivity index (χ4n) is 1.84. The van der Waals surface area contributed by atoms with Crippen molar-refractivity contribution in [3.05, 3.63) is 57.8 Å². The molecule has 2 aromatic carbocycles. The number of rotatable bonds is 1. The summed E-state index contributed by atoms with van der Waals surface area (Å²) in [5.74, 6) is 0.274. The first-order chi connectivity index (χ1) is 8.63. The van der Waals surface area contributed by atoms with Crippen molar-refractivity contribution in [1.82, 2.24) is 0 Å². The first-order valence-corrected chi connectivity index (χ1v) is 6.45. The monoisotopic (exact) mass is 324 g/mol. The van der Waals surface area contributed by atoms with Crippen LogP contribution in [0.5, 0.6) is 0 Å². The van der Waals surface area contributed by atoms with Crippen molar-refractivity contribution in [2.75, 3.05) is 0 Å². The van der Waals surface area contributed by atoms with Crippen molar-refractivity contribution in [2.24, 2.45) is 0 Å². The number of furan rings is 1. The molecule has 90 valence electrons. The van der Waals surface area contributed by atoms with E-state index in [1.807, 2.05) is 24.3 Å². The van der Waals surface area contributed by atoms with Crippen molar-refractivity contribution in [3.8, 4) is 11.3 Å². The zero-order valence-corrected chi connectivity index (χ0v) is 11.4. The van der Waals surface area contributed by atoms with Gasteiger partial charge in [-0.3, -0.25) is 0 Å². The summed E-state index contributed by atoms with van der Waals surface area (Å²) in [5, 5.41) is 1.31. The molecule has 1 heterocycles. The third-order valence-corrected chi connectivity index (χ3v) is 3.48. The van der Waals surface area contributed by atoms with Gasteiger partial charge in [0.15, 0.2) is 0 Å². The molecule has 0 aliphatic heterocycles. The Hall–Kier alpha value is -1.32. The number of fused-ring (bicyclic) bond motifs is 1. The number of halogens is 3. The SMILES string of the molecule is Fc1ccc(-c2cc3cc(Br)ccc3o2)c(Cl)c1. The van der Waals surface area contributed by atoms with Crippen LogP contribution in [0.3, 0.4) is 0 Å². The molecule has 0 saturated heterocycles. The standard InChI is InChI=1S/C14H7BrClFO/c15-9-1-4-13-8(5-9)6-14(18-13)11-3-2-10(17)7-12(11)16/h1-7H. The van der Waals surface area contributed by atoms with Gasteiger partial charge in [0.1, 0.15) is 17.2 Å². The van der Waals surface area contributed by atoms with Crippen LogP contribution in [0.1, 0.15) is 0 Å². The highest BCUT2D eigenvalue weighted by atomic mass is 79.9. The maximum atomic E-state index is 13.0. The van der Waals surface area contributed by atoms with Gasteiger partial charge in [0.25, 0.3) is 0 Å². The zero-order valence-electron chi connectivity index (χ0n) is 9.08. The van der Waals surface area contributed by atoms with Gasteiger partial charge >= 0.3 is 0 Å². The minimum atomic E-state index is -0.359. The van der Waals surface area contributed by atoms with Gasteiger partial charge in [0, 0.05) is 15.4 Å². The number of hydrogen-bond acceptors (Lipinski definition) is 1. The van der Waals surface area contributed by atoms with Gasteiger partial charge in [-0.05, 0) is 42.5 Å². The smallest absolute Gasteiger partial charge is 0.136 e. The Morgan fingerprint density at radius 1 is 1.06 bits per heavy atom. The normalized spacial score (nSPS) is 11.1. The highest BCUT2D eigenvalue weighted by Gasteiger charge is 2.10. The van der Waals surface area contributed by atoms with Crippen LogP contribution in [-0.2, 0) is 0 Å². The third kappa shape index (κ3) is 2.04. The lowest BCUT2D eigenvalue weighted by atomic mass is 10.1. The van der Waals surface area contributed by atoms with E-state index >= 15 is 0 Å². The molecule has 0 aliphatic rings. The molecule has 1 nitrogen and oxygen atoms in total. The molecular weight excluding hydrogens is 319 g/mol. The fraction of sp³-hybridized carbons (Fsp3) is 0. The van der Waals surface area contributed by atoms with E-state index < -0.39 is 0 Å². The van der Waals surface area contributed by atoms with E-state index in [2.05, 4.69) is 15.9 Å². The van der Waals surface area contributed by atoms with Crippen LogP contribution in [-0.4, -0.2) is 0 Å². The molecule has 0 bridgehead atoms. The highest BCUT2D eigenvalue weighted by Crippen LogP contribution is 2.33. The predicted octanol–water partition coefficient (Wildman–Crippen LogP) is 5.65. The first-order valence-electron chi connectivity index (χ1n) is 5.28. The van der Waals surface area contributed by atoms with Crippen LogP contribution >= 0.6 is 27.5 Å². The second kappa shape index (κ2) is 4.41. The average molecular weight is 326 g/mol. The number of hydrogen-bond donors (Lipinski definition) is 0. The van der Waals surface area contributed by atoms with Crippen LogP contribution in [0.25, 0.3) is 22.3 Å². The average Bonchev–Trinajstić information content (AvgIpc) is 2.71. The van der Waals surface area contributed by atoms with E-state index in [0.29, 0.717) is 16.3 Å². The molecule has 0 amide bonds. The van der Waals surface area contributed by atoms with Gasteiger partial charge < -0.3 is 4.42 Å². The summed E-state index contributed by atoms with van der Waals surface area (Å²) in [4.78, 5) is 0. The summed E-state index contributed by atoms with van der Waals surface area (Å²) in [6, 6.07) is 11.9. The van der Waals surface area contributed by atoms with Crippen molar-refractivity contribution < 1.29 is 8.81 Å². The maximum absolute atomic E-state index is 13.0. The minimum Gasteiger partial charge on any atom is -0.456 e. The van der Waals surface area contributed by atoms with Crippen LogP contribution < -0.4 is 0 Å². The van der Waals surface area contributed by atoms with Gasteiger partial charge in [0.05, 0.1) is 5.02 Å². The van der Waals surface area contributed by atoms with Crippen molar-refractivity contribution in [2.45, 2.75) is 0 Å². The second-order valence-corrected chi connectivity index (χ2v) is 5.24. The summed E-state index contributed by atoms with van der Waals surface area (Å²) in [7, 11) is 0. The zero-order chi connectivity index (χ0) is 12.7. The van der Waals surface area contributed by atoms with E-state index in [1.54, 1.807) is 6.07 Å². The maximum Gasteiger partial charge on any atom is 0.136 e. The molecule has 3 aromatic rings. The van der Waals surface area contributed by atoms with Crippen LogP contribution in [0.2, 0.25) is 5.02 Å². The Labute approximate surface area is 116 Å². The van der Waals surface area contributed by atoms with Gasteiger partial charge in [-0.25, -0.2) is 4.39 Å². The molecule has 3 rings (SSSR count). The van der Waals surface area contributed by atoms with E-state index in [4.69, 9.17) is 16.0 Å².